The Morgan fingerprint density at radius 2 is 2.05 bits per heavy atom. The highest BCUT2D eigenvalue weighted by Crippen LogP contribution is 2.18. The lowest BCUT2D eigenvalue weighted by Crippen LogP contribution is -2.33. The van der Waals surface area contributed by atoms with Gasteiger partial charge in [0.2, 0.25) is 0 Å². The summed E-state index contributed by atoms with van der Waals surface area (Å²) in [5.41, 5.74) is 1.87. The molecule has 104 valence electrons. The lowest BCUT2D eigenvalue weighted by molar-refractivity contribution is -0.137. The second kappa shape index (κ2) is 6.78. The highest BCUT2D eigenvalue weighted by Gasteiger charge is 2.10. The number of nitrogens with zero attached hydrogens (tertiary/aromatic N) is 1. The topological polar surface area (TPSA) is 69.6 Å². The maximum absolute atomic E-state index is 11.8. The number of carbonyl (C=O) groups is 2. The van der Waals surface area contributed by atoms with Crippen molar-refractivity contribution in [3.63, 3.8) is 0 Å². The number of carboxylic acid groups (broad SMARTS) is 1. The van der Waals surface area contributed by atoms with Gasteiger partial charge in [0.1, 0.15) is 0 Å². The summed E-state index contributed by atoms with van der Waals surface area (Å²) in [6.45, 7) is 4.35. The van der Waals surface area contributed by atoms with Gasteiger partial charge in [-0.2, -0.15) is 0 Å². The van der Waals surface area contributed by atoms with Crippen LogP contribution in [0.1, 0.15) is 31.7 Å². The Labute approximate surface area is 113 Å². The van der Waals surface area contributed by atoms with E-state index in [9.17, 15) is 9.59 Å². The number of urea groups is 1. The van der Waals surface area contributed by atoms with Gasteiger partial charge in [-0.3, -0.25) is 4.79 Å². The number of amides is 2. The molecule has 0 aromatic heterocycles. The molecule has 1 aromatic carbocycles. The molecule has 2 amide bonds. The molecule has 0 aliphatic carbocycles. The molecule has 2 N–H and O–H groups in total. The van der Waals surface area contributed by atoms with Crippen LogP contribution in [0.4, 0.5) is 10.5 Å². The van der Waals surface area contributed by atoms with Crippen molar-refractivity contribution in [1.29, 1.82) is 0 Å². The van der Waals surface area contributed by atoms with Crippen molar-refractivity contribution in [2.45, 2.75) is 26.2 Å². The zero-order valence-corrected chi connectivity index (χ0v) is 11.5. The predicted octanol–water partition coefficient (Wildman–Crippen LogP) is 2.75. The fraction of sp³-hybridized carbons (Fsp3) is 0.429. The van der Waals surface area contributed by atoms with Crippen LogP contribution in [0.2, 0.25) is 0 Å². The van der Waals surface area contributed by atoms with Gasteiger partial charge in [0.15, 0.2) is 0 Å². The number of carbonyl (C=O) groups excluding carboxylic acids is 1. The van der Waals surface area contributed by atoms with Crippen molar-refractivity contribution in [2.75, 3.05) is 18.9 Å². The number of hydrogen-bond acceptors (Lipinski definition) is 2. The van der Waals surface area contributed by atoms with E-state index < -0.39 is 5.97 Å². The Hall–Kier alpha value is -2.04. The summed E-state index contributed by atoms with van der Waals surface area (Å²) in [7, 11) is 1.57. The van der Waals surface area contributed by atoms with Crippen molar-refractivity contribution in [1.82, 2.24) is 4.90 Å². The van der Waals surface area contributed by atoms with Crippen LogP contribution in [0.5, 0.6) is 0 Å². The Kier molecular flexibility index (Phi) is 5.36. The lowest BCUT2D eigenvalue weighted by atomic mass is 10.0. The summed E-state index contributed by atoms with van der Waals surface area (Å²) in [5, 5.41) is 11.3. The first-order valence-corrected chi connectivity index (χ1v) is 6.24. The first-order chi connectivity index (χ1) is 8.90. The van der Waals surface area contributed by atoms with E-state index in [0.717, 1.165) is 11.3 Å². The summed E-state index contributed by atoms with van der Waals surface area (Å²) < 4.78 is 0. The number of carboxylic acids is 1. The summed E-state index contributed by atoms with van der Waals surface area (Å²) >= 11 is 0. The van der Waals surface area contributed by atoms with E-state index in [1.165, 1.54) is 4.90 Å². The fourth-order valence-electron chi connectivity index (χ4n) is 1.56. The standard InChI is InChI=1S/C14H20N2O3/c1-10(2)11-5-4-6-12(9-11)15-14(19)16(3)8-7-13(17)18/h4-6,9-10H,7-8H2,1-3H3,(H,15,19)(H,17,18). The number of aliphatic carboxylic acids is 1. The number of nitrogens with one attached hydrogen (secondary N) is 1. The SMILES string of the molecule is CC(C)c1cccc(NC(=O)N(C)CCC(=O)O)c1. The van der Waals surface area contributed by atoms with E-state index in [1.54, 1.807) is 7.05 Å². The molecule has 5 nitrogen and oxygen atoms in total. The maximum atomic E-state index is 11.8. The van der Waals surface area contributed by atoms with Crippen LogP contribution in [0.3, 0.4) is 0 Å². The Morgan fingerprint density at radius 1 is 1.37 bits per heavy atom. The van der Waals surface area contributed by atoms with Crippen LogP contribution < -0.4 is 5.32 Å². The van der Waals surface area contributed by atoms with Crippen molar-refractivity contribution in [2.24, 2.45) is 0 Å². The van der Waals surface area contributed by atoms with Crippen LogP contribution in [-0.2, 0) is 4.79 Å². The zero-order chi connectivity index (χ0) is 14.4. The molecule has 1 aromatic rings. The second-order valence-corrected chi connectivity index (χ2v) is 4.78. The average molecular weight is 264 g/mol. The monoisotopic (exact) mass is 264 g/mol. The molecule has 0 saturated carbocycles. The third kappa shape index (κ3) is 4.99. The van der Waals surface area contributed by atoms with Crippen LogP contribution in [0.15, 0.2) is 24.3 Å². The molecule has 0 bridgehead atoms. The number of rotatable bonds is 5. The lowest BCUT2D eigenvalue weighted by Gasteiger charge is -2.17. The van der Waals surface area contributed by atoms with Gasteiger partial charge in [-0.1, -0.05) is 26.0 Å². The number of benzene rings is 1. The van der Waals surface area contributed by atoms with Gasteiger partial charge in [-0.25, -0.2) is 4.79 Å². The normalized spacial score (nSPS) is 10.3. The molecule has 0 atom stereocenters. The zero-order valence-electron chi connectivity index (χ0n) is 11.5. The number of hydrogen-bond donors (Lipinski definition) is 2. The van der Waals surface area contributed by atoms with Gasteiger partial charge >= 0.3 is 12.0 Å². The van der Waals surface area contributed by atoms with Gasteiger partial charge in [-0.05, 0) is 23.6 Å². The minimum Gasteiger partial charge on any atom is -0.481 e. The molecule has 0 radical (unpaired) electrons. The third-order valence-electron chi connectivity index (χ3n) is 2.81. The minimum atomic E-state index is -0.915. The van der Waals surface area contributed by atoms with E-state index in [2.05, 4.69) is 19.2 Å². The molecule has 0 unspecified atom stereocenters. The summed E-state index contributed by atoms with van der Waals surface area (Å²) in [4.78, 5) is 23.6. The van der Waals surface area contributed by atoms with Crippen molar-refractivity contribution in [3.05, 3.63) is 29.8 Å². The molecule has 0 saturated heterocycles. The van der Waals surface area contributed by atoms with Gasteiger partial charge in [0.05, 0.1) is 6.42 Å². The van der Waals surface area contributed by atoms with Crippen molar-refractivity contribution < 1.29 is 14.7 Å². The Morgan fingerprint density at radius 3 is 2.63 bits per heavy atom. The Balaban J connectivity index is 2.61. The molecular formula is C14H20N2O3. The quantitative estimate of drug-likeness (QED) is 0.859. The molecular weight excluding hydrogens is 244 g/mol. The van der Waals surface area contributed by atoms with Crippen LogP contribution in [-0.4, -0.2) is 35.6 Å². The largest absolute Gasteiger partial charge is 0.481 e. The maximum Gasteiger partial charge on any atom is 0.321 e. The molecule has 1 rings (SSSR count). The van der Waals surface area contributed by atoms with E-state index in [4.69, 9.17) is 5.11 Å². The molecule has 0 fully saturated rings. The molecule has 0 aliphatic heterocycles. The van der Waals surface area contributed by atoms with Crippen molar-refractivity contribution in [3.8, 4) is 0 Å². The molecule has 0 heterocycles. The predicted molar refractivity (Wildman–Crippen MR) is 74.4 cm³/mol. The van der Waals surface area contributed by atoms with Gasteiger partial charge in [-0.15, -0.1) is 0 Å². The van der Waals surface area contributed by atoms with E-state index >= 15 is 0 Å². The highest BCUT2D eigenvalue weighted by molar-refractivity contribution is 5.89. The molecule has 19 heavy (non-hydrogen) atoms. The van der Waals surface area contributed by atoms with Gasteiger partial charge in [0.25, 0.3) is 0 Å². The summed E-state index contributed by atoms with van der Waals surface area (Å²) in [5.74, 6) is -0.525. The van der Waals surface area contributed by atoms with Crippen LogP contribution in [0, 0.1) is 0 Å². The highest BCUT2D eigenvalue weighted by atomic mass is 16.4. The molecule has 0 aliphatic rings. The van der Waals surface area contributed by atoms with Crippen molar-refractivity contribution >= 4 is 17.7 Å². The van der Waals surface area contributed by atoms with Crippen LogP contribution >= 0.6 is 0 Å². The summed E-state index contributed by atoms with van der Waals surface area (Å²) in [6, 6.07) is 7.33. The van der Waals surface area contributed by atoms with E-state index in [0.29, 0.717) is 5.92 Å². The third-order valence-corrected chi connectivity index (χ3v) is 2.81. The first-order valence-electron chi connectivity index (χ1n) is 6.24. The average Bonchev–Trinajstić information content (AvgIpc) is 2.36. The van der Waals surface area contributed by atoms with Gasteiger partial charge in [0, 0.05) is 19.3 Å². The first kappa shape index (κ1) is 15.0. The molecule has 0 spiro atoms. The summed E-state index contributed by atoms with van der Waals surface area (Å²) in [6.07, 6.45) is -0.0596. The van der Waals surface area contributed by atoms with E-state index in [1.807, 2.05) is 24.3 Å². The fourth-order valence-corrected chi connectivity index (χ4v) is 1.56. The van der Waals surface area contributed by atoms with E-state index in [-0.39, 0.29) is 19.0 Å². The van der Waals surface area contributed by atoms with Gasteiger partial charge < -0.3 is 15.3 Å². The Bertz CT molecular complexity index is 458. The smallest absolute Gasteiger partial charge is 0.321 e. The minimum absolute atomic E-state index is 0.0596. The van der Waals surface area contributed by atoms with Crippen LogP contribution in [0.25, 0.3) is 0 Å². The second-order valence-electron chi connectivity index (χ2n) is 4.78. The number of anilines is 1. The molecule has 5 heteroatoms.